The zero-order chi connectivity index (χ0) is 9.26. The molecule has 0 fully saturated rings. The van der Waals surface area contributed by atoms with E-state index in [0.29, 0.717) is 11.0 Å². The van der Waals surface area contributed by atoms with Crippen molar-refractivity contribution in [3.8, 4) is 0 Å². The Morgan fingerprint density at radius 2 is 2.15 bits per heavy atom. The van der Waals surface area contributed by atoms with Gasteiger partial charge < -0.3 is 5.43 Å². The minimum Gasteiger partial charge on any atom is -0.306 e. The van der Waals surface area contributed by atoms with Crippen molar-refractivity contribution in [3.05, 3.63) is 23.6 Å². The highest BCUT2D eigenvalue weighted by Crippen LogP contribution is 2.23. The zero-order valence-electron chi connectivity index (χ0n) is 6.53. The van der Waals surface area contributed by atoms with Gasteiger partial charge in [-0.15, -0.1) is 10.2 Å². The molecular formula is C7H6ClN5. The van der Waals surface area contributed by atoms with Gasteiger partial charge >= 0.3 is 0 Å². The van der Waals surface area contributed by atoms with E-state index < -0.39 is 0 Å². The summed E-state index contributed by atoms with van der Waals surface area (Å²) in [7, 11) is 0. The predicted molar refractivity (Wildman–Crippen MR) is 50.2 cm³/mol. The number of nitrogens with zero attached hydrogens (tertiary/aromatic N) is 3. The van der Waals surface area contributed by atoms with Gasteiger partial charge in [-0.1, -0.05) is 11.6 Å². The Kier molecular flexibility index (Phi) is 1.96. The fraction of sp³-hybridized carbons (Fsp3) is 0. The first-order chi connectivity index (χ1) is 6.33. The minimum absolute atomic E-state index is 0.321. The van der Waals surface area contributed by atoms with Crippen molar-refractivity contribution in [3.63, 3.8) is 0 Å². The molecule has 0 spiro atoms. The lowest BCUT2D eigenvalue weighted by molar-refractivity contribution is 1.04. The molecule has 5 nitrogen and oxygen atoms in total. The van der Waals surface area contributed by atoms with E-state index in [-0.39, 0.29) is 0 Å². The standard InChI is InChI=1S/C7H6ClN5/c8-6-5-3-10-2-1-4(5)7(11-9)13-12-6/h1-3H,9H2,(H,11,13). The second-order valence-corrected chi connectivity index (χ2v) is 2.76. The van der Waals surface area contributed by atoms with Crippen molar-refractivity contribution in [2.45, 2.75) is 0 Å². The normalized spacial score (nSPS) is 10.3. The molecule has 2 aromatic heterocycles. The Bertz CT molecular complexity index is 444. The van der Waals surface area contributed by atoms with Gasteiger partial charge in [0.15, 0.2) is 11.0 Å². The maximum atomic E-state index is 5.80. The van der Waals surface area contributed by atoms with E-state index in [1.165, 1.54) is 0 Å². The molecule has 0 aromatic carbocycles. The van der Waals surface area contributed by atoms with E-state index in [9.17, 15) is 0 Å². The third-order valence-corrected chi connectivity index (χ3v) is 1.95. The van der Waals surface area contributed by atoms with Gasteiger partial charge in [-0.05, 0) is 6.07 Å². The van der Waals surface area contributed by atoms with Crippen molar-refractivity contribution in [2.75, 3.05) is 5.43 Å². The van der Waals surface area contributed by atoms with Gasteiger partial charge in [0.1, 0.15) is 0 Å². The molecule has 0 atom stereocenters. The van der Waals surface area contributed by atoms with E-state index in [1.807, 2.05) is 0 Å². The fourth-order valence-corrected chi connectivity index (χ4v) is 1.26. The Balaban J connectivity index is 2.84. The minimum atomic E-state index is 0.321. The van der Waals surface area contributed by atoms with Crippen molar-refractivity contribution in [1.29, 1.82) is 0 Å². The van der Waals surface area contributed by atoms with Crippen molar-refractivity contribution >= 4 is 28.2 Å². The summed E-state index contributed by atoms with van der Waals surface area (Å²) in [6.07, 6.45) is 3.26. The molecule has 0 amide bonds. The van der Waals surface area contributed by atoms with Crippen LogP contribution >= 0.6 is 11.6 Å². The summed E-state index contributed by atoms with van der Waals surface area (Å²) in [4.78, 5) is 3.93. The number of anilines is 1. The lowest BCUT2D eigenvalue weighted by Gasteiger charge is -2.03. The SMILES string of the molecule is NNc1nnc(Cl)c2cnccc12. The number of aromatic nitrogens is 3. The number of pyridine rings is 1. The maximum absolute atomic E-state index is 5.80. The summed E-state index contributed by atoms with van der Waals surface area (Å²) in [5, 5.41) is 9.34. The summed E-state index contributed by atoms with van der Waals surface area (Å²) in [6, 6.07) is 1.77. The van der Waals surface area contributed by atoms with Gasteiger partial charge in [0.25, 0.3) is 0 Å². The quantitative estimate of drug-likeness (QED) is 0.524. The summed E-state index contributed by atoms with van der Waals surface area (Å²) >= 11 is 5.80. The summed E-state index contributed by atoms with van der Waals surface area (Å²) < 4.78 is 0. The first kappa shape index (κ1) is 8.15. The van der Waals surface area contributed by atoms with Gasteiger partial charge in [-0.25, -0.2) is 5.84 Å². The molecule has 0 aliphatic rings. The molecule has 0 saturated heterocycles. The van der Waals surface area contributed by atoms with Crippen LogP contribution < -0.4 is 11.3 Å². The largest absolute Gasteiger partial charge is 0.306 e. The highest BCUT2D eigenvalue weighted by molar-refractivity contribution is 6.34. The van der Waals surface area contributed by atoms with Gasteiger partial charge in [-0.3, -0.25) is 4.98 Å². The van der Waals surface area contributed by atoms with Crippen LogP contribution in [0, 0.1) is 0 Å². The van der Waals surface area contributed by atoms with Crippen molar-refractivity contribution < 1.29 is 0 Å². The smallest absolute Gasteiger partial charge is 0.170 e. The Morgan fingerprint density at radius 3 is 2.92 bits per heavy atom. The number of rotatable bonds is 1. The molecule has 0 aliphatic carbocycles. The molecular weight excluding hydrogens is 190 g/mol. The molecule has 2 rings (SSSR count). The van der Waals surface area contributed by atoms with Crippen LogP contribution in [0.5, 0.6) is 0 Å². The number of nitrogen functional groups attached to an aromatic ring is 1. The lowest BCUT2D eigenvalue weighted by atomic mass is 10.2. The van der Waals surface area contributed by atoms with E-state index >= 15 is 0 Å². The van der Waals surface area contributed by atoms with Crippen molar-refractivity contribution in [1.82, 2.24) is 15.2 Å². The zero-order valence-corrected chi connectivity index (χ0v) is 7.28. The number of halogens is 1. The van der Waals surface area contributed by atoms with Crippen LogP contribution in [0.15, 0.2) is 18.5 Å². The van der Waals surface area contributed by atoms with Gasteiger partial charge in [-0.2, -0.15) is 0 Å². The van der Waals surface area contributed by atoms with Crippen LogP contribution in [0.2, 0.25) is 5.15 Å². The van der Waals surface area contributed by atoms with E-state index in [0.717, 1.165) is 10.8 Å². The lowest BCUT2D eigenvalue weighted by Crippen LogP contribution is -2.09. The van der Waals surface area contributed by atoms with E-state index in [2.05, 4.69) is 20.6 Å². The van der Waals surface area contributed by atoms with Crippen LogP contribution in [0.4, 0.5) is 5.82 Å². The molecule has 66 valence electrons. The van der Waals surface area contributed by atoms with Crippen LogP contribution in [-0.2, 0) is 0 Å². The average Bonchev–Trinajstić information content (AvgIpc) is 2.19. The summed E-state index contributed by atoms with van der Waals surface area (Å²) in [5.74, 6) is 5.74. The summed E-state index contributed by atoms with van der Waals surface area (Å²) in [5.41, 5.74) is 2.44. The third kappa shape index (κ3) is 1.28. The van der Waals surface area contributed by atoms with Crippen molar-refractivity contribution in [2.24, 2.45) is 5.84 Å². The highest BCUT2D eigenvalue weighted by atomic mass is 35.5. The molecule has 0 radical (unpaired) electrons. The maximum Gasteiger partial charge on any atom is 0.170 e. The average molecular weight is 196 g/mol. The van der Waals surface area contributed by atoms with E-state index in [4.69, 9.17) is 17.4 Å². The molecule has 0 bridgehead atoms. The Hall–Kier alpha value is -1.46. The highest BCUT2D eigenvalue weighted by Gasteiger charge is 2.05. The number of hydrogen-bond donors (Lipinski definition) is 2. The molecule has 0 unspecified atom stereocenters. The van der Waals surface area contributed by atoms with Gasteiger partial charge in [0.2, 0.25) is 0 Å². The first-order valence-electron chi connectivity index (χ1n) is 3.55. The molecule has 3 N–H and O–H groups in total. The summed E-state index contributed by atoms with van der Waals surface area (Å²) in [6.45, 7) is 0. The first-order valence-corrected chi connectivity index (χ1v) is 3.93. The Labute approximate surface area is 78.9 Å². The van der Waals surface area contributed by atoms with Crippen LogP contribution in [0.25, 0.3) is 10.8 Å². The monoisotopic (exact) mass is 195 g/mol. The Morgan fingerprint density at radius 1 is 1.31 bits per heavy atom. The molecule has 13 heavy (non-hydrogen) atoms. The molecule has 0 aliphatic heterocycles. The topological polar surface area (TPSA) is 76.7 Å². The van der Waals surface area contributed by atoms with Crippen LogP contribution in [0.3, 0.4) is 0 Å². The number of nitrogens with two attached hydrogens (primary N) is 1. The molecule has 2 aromatic rings. The van der Waals surface area contributed by atoms with Gasteiger partial charge in [0.05, 0.1) is 0 Å². The van der Waals surface area contributed by atoms with Crippen LogP contribution in [0.1, 0.15) is 0 Å². The number of fused-ring (bicyclic) bond motifs is 1. The fourth-order valence-electron chi connectivity index (χ4n) is 1.07. The molecule has 2 heterocycles. The predicted octanol–water partition coefficient (Wildman–Crippen LogP) is 0.964. The van der Waals surface area contributed by atoms with E-state index in [1.54, 1.807) is 18.5 Å². The second kappa shape index (κ2) is 3.12. The van der Waals surface area contributed by atoms with Crippen LogP contribution in [-0.4, -0.2) is 15.2 Å². The third-order valence-electron chi connectivity index (χ3n) is 1.67. The van der Waals surface area contributed by atoms with Gasteiger partial charge in [0, 0.05) is 23.2 Å². The number of nitrogens with one attached hydrogen (secondary N) is 1. The number of hydrazine groups is 1. The second-order valence-electron chi connectivity index (χ2n) is 2.41. The molecule has 0 saturated carbocycles. The number of hydrogen-bond acceptors (Lipinski definition) is 5. The molecule has 6 heteroatoms.